The molecule has 0 saturated heterocycles. The highest BCUT2D eigenvalue weighted by molar-refractivity contribution is 5.98. The molecule has 0 bridgehead atoms. The van der Waals surface area contributed by atoms with Crippen molar-refractivity contribution in [1.82, 2.24) is 4.98 Å². The number of halogens is 2. The van der Waals surface area contributed by atoms with Gasteiger partial charge in [0.15, 0.2) is 0 Å². The van der Waals surface area contributed by atoms with Crippen LogP contribution in [0.25, 0.3) is 10.8 Å². The number of ether oxygens (including phenoxy) is 1. The van der Waals surface area contributed by atoms with Crippen molar-refractivity contribution in [2.45, 2.75) is 26.3 Å². The molecule has 36 heavy (non-hydrogen) atoms. The summed E-state index contributed by atoms with van der Waals surface area (Å²) in [5.74, 6) is -2.96. The average molecular weight is 531 g/mol. The first-order valence-electron chi connectivity index (χ1n) is 13.1. The summed E-state index contributed by atoms with van der Waals surface area (Å²) < 4.78 is 45.8. The highest BCUT2D eigenvalue weighted by Gasteiger charge is 2.19. The predicted octanol–water partition coefficient (Wildman–Crippen LogP) is 5.73. The Labute approximate surface area is 230 Å². The number of esters is 1. The van der Waals surface area contributed by atoms with Crippen molar-refractivity contribution in [2.24, 2.45) is 5.73 Å². The van der Waals surface area contributed by atoms with Crippen LogP contribution < -0.4 is 11.1 Å². The zero-order valence-electron chi connectivity index (χ0n) is 24.6. The number of aromatic nitrogens is 1. The van der Waals surface area contributed by atoms with Gasteiger partial charge in [-0.3, -0.25) is 9.78 Å². The summed E-state index contributed by atoms with van der Waals surface area (Å²) in [5, 5.41) is 3.96. The van der Waals surface area contributed by atoms with Gasteiger partial charge in [0.05, 0.1) is 15.6 Å². The first-order chi connectivity index (χ1) is 18.3. The van der Waals surface area contributed by atoms with Gasteiger partial charge >= 0.3 is 5.97 Å². The molecular formula is C28H29Cl2N3O3. The van der Waals surface area contributed by atoms with E-state index in [9.17, 15) is 9.59 Å². The minimum absolute atomic E-state index is 0. The summed E-state index contributed by atoms with van der Waals surface area (Å²) in [4.78, 5) is 29.7. The van der Waals surface area contributed by atoms with E-state index in [2.05, 4.69) is 10.3 Å². The molecule has 1 heterocycles. The number of hydrogen-bond donors (Lipinski definition) is 2. The molecule has 3 aromatic carbocycles. The molecular weight excluding hydrogens is 497 g/mol. The third-order valence-electron chi connectivity index (χ3n) is 5.37. The SMILES string of the molecule is Cl.Cl.[2H]c1nccc2cc(NC(=O)[C@@H](c3ccc(C([2H])([2H])OC(=O)c4ccc(C)cc4C)cc3)C([2H])([2H])N)ccc12. The standard InChI is InChI=1S/C28H27N3O3.2ClH/c1-18-3-10-25(19(2)13-18)28(33)34-17-20-4-6-21(7-5-20)26(15-29)27(32)31-24-9-8-23-16-30-12-11-22(23)14-24;;/h3-14,16,26H,15,17,29H2,1-2H3,(H,31,32);2*1H/t26-;;/m1../s1/i15D2,16D,17D2;;. The first kappa shape index (κ1) is 21.8. The molecule has 1 atom stereocenters. The number of nitrogens with zero attached hydrogens (tertiary/aromatic N) is 1. The number of pyridine rings is 1. The zero-order chi connectivity index (χ0) is 28.5. The lowest BCUT2D eigenvalue weighted by Gasteiger charge is -2.16. The number of amides is 1. The molecule has 0 saturated carbocycles. The van der Waals surface area contributed by atoms with E-state index in [1.165, 1.54) is 30.5 Å². The van der Waals surface area contributed by atoms with Gasteiger partial charge in [0.25, 0.3) is 0 Å². The minimum atomic E-state index is -2.48. The summed E-state index contributed by atoms with van der Waals surface area (Å²) in [6, 6.07) is 17.1. The quantitative estimate of drug-likeness (QED) is 0.297. The van der Waals surface area contributed by atoms with Crippen molar-refractivity contribution < 1.29 is 21.2 Å². The van der Waals surface area contributed by atoms with Crippen molar-refractivity contribution >= 4 is 53.2 Å². The molecule has 8 heteroatoms. The Bertz CT molecular complexity index is 1560. The maximum absolute atomic E-state index is 13.2. The Hall–Kier alpha value is -3.45. The van der Waals surface area contributed by atoms with E-state index in [-0.39, 0.29) is 47.7 Å². The Morgan fingerprint density at radius 1 is 1.03 bits per heavy atom. The number of benzene rings is 3. The number of nitrogens with two attached hydrogens (primary N) is 1. The van der Waals surface area contributed by atoms with Crippen LogP contribution in [0.15, 0.2) is 79.1 Å². The van der Waals surface area contributed by atoms with Gasteiger partial charge in [-0.2, -0.15) is 0 Å². The van der Waals surface area contributed by atoms with E-state index < -0.39 is 30.9 Å². The molecule has 0 fully saturated rings. The Kier molecular flexibility index (Phi) is 7.89. The van der Waals surface area contributed by atoms with Gasteiger partial charge in [-0.05, 0) is 60.2 Å². The summed E-state index contributed by atoms with van der Waals surface area (Å²) in [6.45, 7) is -1.31. The van der Waals surface area contributed by atoms with Crippen LogP contribution in [-0.2, 0) is 16.1 Å². The molecule has 188 valence electrons. The van der Waals surface area contributed by atoms with Crippen molar-refractivity contribution in [3.8, 4) is 0 Å². The third-order valence-corrected chi connectivity index (χ3v) is 5.37. The number of aryl methyl sites for hydroxylation is 2. The number of hydrogen-bond acceptors (Lipinski definition) is 5. The molecule has 0 radical (unpaired) electrons. The fraction of sp³-hybridized carbons (Fsp3) is 0.179. The van der Waals surface area contributed by atoms with Gasteiger partial charge in [0.1, 0.15) is 6.56 Å². The molecule has 3 N–H and O–H groups in total. The maximum atomic E-state index is 13.2. The van der Waals surface area contributed by atoms with Crippen molar-refractivity contribution in [3.63, 3.8) is 0 Å². The van der Waals surface area contributed by atoms with Crippen LogP contribution in [-0.4, -0.2) is 23.4 Å². The van der Waals surface area contributed by atoms with Crippen molar-refractivity contribution in [3.05, 3.63) is 107 Å². The second-order valence-electron chi connectivity index (χ2n) is 7.88. The molecule has 0 aliphatic carbocycles. The fourth-order valence-electron chi connectivity index (χ4n) is 3.59. The lowest BCUT2D eigenvalue weighted by Crippen LogP contribution is -2.27. The maximum Gasteiger partial charge on any atom is 0.338 e. The Balaban J connectivity index is 0.00000294. The topological polar surface area (TPSA) is 94.3 Å². The van der Waals surface area contributed by atoms with E-state index in [1.54, 1.807) is 49.4 Å². The van der Waals surface area contributed by atoms with Gasteiger partial charge in [0.2, 0.25) is 5.91 Å². The van der Waals surface area contributed by atoms with Crippen LogP contribution in [0.1, 0.15) is 45.4 Å². The normalized spacial score (nSPS) is 13.9. The van der Waals surface area contributed by atoms with Gasteiger partial charge < -0.3 is 15.8 Å². The van der Waals surface area contributed by atoms with Crippen LogP contribution in [0.3, 0.4) is 0 Å². The summed E-state index contributed by atoms with van der Waals surface area (Å²) in [7, 11) is 0. The molecule has 6 nitrogen and oxygen atoms in total. The second-order valence-corrected chi connectivity index (χ2v) is 7.88. The number of carbonyl (C=O) groups excluding carboxylic acids is 2. The molecule has 0 unspecified atom stereocenters. The van der Waals surface area contributed by atoms with Crippen molar-refractivity contribution in [2.75, 3.05) is 11.8 Å². The average Bonchev–Trinajstić information content (AvgIpc) is 2.83. The highest BCUT2D eigenvalue weighted by Crippen LogP contribution is 2.22. The molecule has 1 aromatic heterocycles. The first-order valence-corrected chi connectivity index (χ1v) is 10.6. The summed E-state index contributed by atoms with van der Waals surface area (Å²) in [5.41, 5.74) is 8.22. The monoisotopic (exact) mass is 530 g/mol. The fourth-order valence-corrected chi connectivity index (χ4v) is 3.59. The van der Waals surface area contributed by atoms with E-state index in [1.807, 2.05) is 6.92 Å². The highest BCUT2D eigenvalue weighted by atomic mass is 35.5. The van der Waals surface area contributed by atoms with E-state index in [0.29, 0.717) is 22.0 Å². The lowest BCUT2D eigenvalue weighted by molar-refractivity contribution is -0.117. The number of rotatable bonds is 7. The molecule has 0 aliphatic rings. The zero-order valence-corrected chi connectivity index (χ0v) is 21.2. The van der Waals surface area contributed by atoms with Gasteiger partial charge in [-0.1, -0.05) is 48.0 Å². The molecule has 4 aromatic rings. The third kappa shape index (κ3) is 6.82. The van der Waals surface area contributed by atoms with E-state index in [4.69, 9.17) is 17.3 Å². The summed E-state index contributed by atoms with van der Waals surface area (Å²) >= 11 is 0. The summed E-state index contributed by atoms with van der Waals surface area (Å²) in [6.07, 6.45) is 1.58. The van der Waals surface area contributed by atoms with E-state index in [0.717, 1.165) is 5.56 Å². The van der Waals surface area contributed by atoms with Crippen LogP contribution in [0.5, 0.6) is 0 Å². The smallest absolute Gasteiger partial charge is 0.338 e. The predicted molar refractivity (Wildman–Crippen MR) is 148 cm³/mol. The van der Waals surface area contributed by atoms with Gasteiger partial charge in [0, 0.05) is 32.7 Å². The Morgan fingerprint density at radius 3 is 2.47 bits per heavy atom. The molecule has 0 aliphatic heterocycles. The number of nitrogens with one attached hydrogen (secondary N) is 1. The molecule has 1 amide bonds. The molecule has 4 rings (SSSR count). The van der Waals surface area contributed by atoms with E-state index >= 15 is 0 Å². The van der Waals surface area contributed by atoms with Gasteiger partial charge in [-0.25, -0.2) is 4.79 Å². The number of anilines is 1. The van der Waals surface area contributed by atoms with Crippen LogP contribution in [0, 0.1) is 13.8 Å². The van der Waals surface area contributed by atoms with Crippen LogP contribution in [0.4, 0.5) is 5.69 Å². The largest absolute Gasteiger partial charge is 0.457 e. The van der Waals surface area contributed by atoms with Crippen LogP contribution >= 0.6 is 24.8 Å². The van der Waals surface area contributed by atoms with Crippen LogP contribution in [0.2, 0.25) is 0 Å². The van der Waals surface area contributed by atoms with Gasteiger partial charge in [-0.15, -0.1) is 24.8 Å². The second kappa shape index (κ2) is 13.0. The lowest BCUT2D eigenvalue weighted by atomic mass is 9.97. The minimum Gasteiger partial charge on any atom is -0.457 e. The Morgan fingerprint density at radius 2 is 1.78 bits per heavy atom. The number of carbonyl (C=O) groups is 2. The molecule has 0 spiro atoms. The van der Waals surface area contributed by atoms with Crippen molar-refractivity contribution in [1.29, 1.82) is 0 Å². The number of fused-ring (bicyclic) bond motifs is 1.